The number of hydrogen-bond acceptors (Lipinski definition) is 5. The van der Waals surface area contributed by atoms with E-state index >= 15 is 0 Å². The zero-order chi connectivity index (χ0) is 20.2. The Morgan fingerprint density at radius 2 is 2.00 bits per heavy atom. The summed E-state index contributed by atoms with van der Waals surface area (Å²) in [4.78, 5) is 4.71. The molecule has 6 nitrogen and oxygen atoms in total. The number of benzene rings is 1. The molecule has 1 N–H and O–H groups in total. The second-order valence-corrected chi connectivity index (χ2v) is 7.38. The molecule has 1 heterocycles. The number of morpholine rings is 1. The number of ether oxygens (including phenoxy) is 3. The van der Waals surface area contributed by atoms with Crippen LogP contribution in [0.15, 0.2) is 18.2 Å². The highest BCUT2D eigenvalue weighted by atomic mass is 32.1. The molecule has 158 valence electrons. The normalized spacial score (nSPS) is 14.5. The zero-order valence-electron chi connectivity index (χ0n) is 17.5. The minimum Gasteiger partial charge on any atom is -0.497 e. The Balaban J connectivity index is 1.99. The van der Waals surface area contributed by atoms with E-state index in [0.717, 1.165) is 87.4 Å². The van der Waals surface area contributed by atoms with Crippen LogP contribution in [0.25, 0.3) is 0 Å². The van der Waals surface area contributed by atoms with E-state index in [2.05, 4.69) is 28.1 Å². The Bertz CT molecular complexity index is 594. The predicted molar refractivity (Wildman–Crippen MR) is 117 cm³/mol. The number of thiocarbonyl (C=S) groups is 1. The summed E-state index contributed by atoms with van der Waals surface area (Å²) in [5.41, 5.74) is 1.11. The van der Waals surface area contributed by atoms with Crippen molar-refractivity contribution in [3.8, 4) is 11.5 Å². The van der Waals surface area contributed by atoms with Gasteiger partial charge in [0.2, 0.25) is 0 Å². The summed E-state index contributed by atoms with van der Waals surface area (Å²) >= 11 is 5.70. The smallest absolute Gasteiger partial charge is 0.169 e. The Morgan fingerprint density at radius 1 is 1.21 bits per heavy atom. The molecule has 1 aromatic rings. The van der Waals surface area contributed by atoms with E-state index in [1.807, 2.05) is 12.1 Å². The zero-order valence-corrected chi connectivity index (χ0v) is 18.4. The highest BCUT2D eigenvalue weighted by molar-refractivity contribution is 7.80. The molecule has 7 heteroatoms. The topological polar surface area (TPSA) is 46.2 Å². The van der Waals surface area contributed by atoms with Gasteiger partial charge in [0.25, 0.3) is 0 Å². The fourth-order valence-electron chi connectivity index (χ4n) is 3.23. The van der Waals surface area contributed by atoms with Gasteiger partial charge in [0.15, 0.2) is 5.11 Å². The van der Waals surface area contributed by atoms with Crippen LogP contribution in [0.2, 0.25) is 0 Å². The summed E-state index contributed by atoms with van der Waals surface area (Å²) in [5.74, 6) is 1.62. The van der Waals surface area contributed by atoms with Crippen LogP contribution in [0.4, 0.5) is 0 Å². The van der Waals surface area contributed by atoms with E-state index < -0.39 is 0 Å². The average molecular weight is 410 g/mol. The molecular formula is C21H35N3O3S. The van der Waals surface area contributed by atoms with Gasteiger partial charge in [0, 0.05) is 50.9 Å². The summed E-state index contributed by atoms with van der Waals surface area (Å²) in [6, 6.07) is 5.95. The standard InChI is InChI=1S/C21H35N3O3S/c1-4-5-9-22-21(28)24(11-6-10-23-12-14-27-15-13-23)17-18-7-8-19(25-2)16-20(18)26-3/h7-8,16H,4-6,9-15,17H2,1-3H3,(H,22,28). The molecule has 0 bridgehead atoms. The first-order valence-corrected chi connectivity index (χ1v) is 10.6. The maximum Gasteiger partial charge on any atom is 0.169 e. The summed E-state index contributed by atoms with van der Waals surface area (Å²) in [7, 11) is 3.36. The van der Waals surface area contributed by atoms with Gasteiger partial charge in [-0.1, -0.05) is 13.3 Å². The lowest BCUT2D eigenvalue weighted by Gasteiger charge is -2.30. The molecule has 0 amide bonds. The van der Waals surface area contributed by atoms with Gasteiger partial charge in [-0.2, -0.15) is 0 Å². The molecular weight excluding hydrogens is 374 g/mol. The van der Waals surface area contributed by atoms with Crippen molar-refractivity contribution in [2.24, 2.45) is 0 Å². The van der Waals surface area contributed by atoms with Crippen molar-refractivity contribution >= 4 is 17.3 Å². The number of nitrogens with one attached hydrogen (secondary N) is 1. The van der Waals surface area contributed by atoms with E-state index in [-0.39, 0.29) is 0 Å². The highest BCUT2D eigenvalue weighted by Crippen LogP contribution is 2.26. The molecule has 1 saturated heterocycles. The quantitative estimate of drug-likeness (QED) is 0.445. The molecule has 1 aromatic carbocycles. The van der Waals surface area contributed by atoms with Gasteiger partial charge in [0.05, 0.1) is 27.4 Å². The Labute approximate surface area is 175 Å². The van der Waals surface area contributed by atoms with Gasteiger partial charge in [-0.15, -0.1) is 0 Å². The third kappa shape index (κ3) is 7.45. The van der Waals surface area contributed by atoms with E-state index in [0.29, 0.717) is 6.54 Å². The van der Waals surface area contributed by atoms with E-state index in [1.54, 1.807) is 14.2 Å². The first kappa shape index (κ1) is 22.7. The Kier molecular flexibility index (Phi) is 10.4. The minimum atomic E-state index is 0.717. The van der Waals surface area contributed by atoms with Crippen molar-refractivity contribution in [2.45, 2.75) is 32.7 Å². The summed E-state index contributed by atoms with van der Waals surface area (Å²) in [6.07, 6.45) is 3.33. The molecule has 0 saturated carbocycles. The SMILES string of the molecule is CCCCNC(=S)N(CCCN1CCOCC1)Cc1ccc(OC)cc1OC. The van der Waals surface area contributed by atoms with Crippen molar-refractivity contribution in [1.29, 1.82) is 0 Å². The van der Waals surface area contributed by atoms with E-state index in [9.17, 15) is 0 Å². The van der Waals surface area contributed by atoms with Crippen molar-refractivity contribution in [3.63, 3.8) is 0 Å². The Morgan fingerprint density at radius 3 is 2.68 bits per heavy atom. The number of methoxy groups -OCH3 is 2. The van der Waals surface area contributed by atoms with Gasteiger partial charge in [-0.25, -0.2) is 0 Å². The number of rotatable bonds is 11. The van der Waals surface area contributed by atoms with Gasteiger partial charge >= 0.3 is 0 Å². The lowest BCUT2D eigenvalue weighted by molar-refractivity contribution is 0.0367. The molecule has 0 aliphatic carbocycles. The third-order valence-electron chi connectivity index (χ3n) is 4.96. The van der Waals surface area contributed by atoms with Crippen LogP contribution < -0.4 is 14.8 Å². The first-order chi connectivity index (χ1) is 13.7. The monoisotopic (exact) mass is 409 g/mol. The number of nitrogens with zero attached hydrogens (tertiary/aromatic N) is 2. The van der Waals surface area contributed by atoms with Gasteiger partial charge < -0.3 is 24.4 Å². The van der Waals surface area contributed by atoms with Crippen LogP contribution in [0.5, 0.6) is 11.5 Å². The molecule has 0 atom stereocenters. The molecule has 28 heavy (non-hydrogen) atoms. The first-order valence-electron chi connectivity index (χ1n) is 10.2. The van der Waals surface area contributed by atoms with E-state index in [1.165, 1.54) is 0 Å². The largest absolute Gasteiger partial charge is 0.497 e. The van der Waals surface area contributed by atoms with E-state index in [4.69, 9.17) is 26.4 Å². The molecule has 1 fully saturated rings. The van der Waals surface area contributed by atoms with Crippen LogP contribution in [-0.4, -0.2) is 75.1 Å². The maximum atomic E-state index is 5.70. The van der Waals surface area contributed by atoms with Gasteiger partial charge in [-0.3, -0.25) is 4.90 Å². The van der Waals surface area contributed by atoms with Crippen LogP contribution >= 0.6 is 12.2 Å². The summed E-state index contributed by atoms with van der Waals surface area (Å²) < 4.78 is 16.3. The number of hydrogen-bond donors (Lipinski definition) is 1. The van der Waals surface area contributed by atoms with Gasteiger partial charge in [0.1, 0.15) is 11.5 Å². The van der Waals surface area contributed by atoms with Crippen LogP contribution in [0.1, 0.15) is 31.7 Å². The molecule has 0 unspecified atom stereocenters. The maximum absolute atomic E-state index is 5.70. The second kappa shape index (κ2) is 12.8. The van der Waals surface area contributed by atoms with Crippen molar-refractivity contribution in [3.05, 3.63) is 23.8 Å². The van der Waals surface area contributed by atoms with Crippen LogP contribution in [0, 0.1) is 0 Å². The molecule has 0 radical (unpaired) electrons. The van der Waals surface area contributed by atoms with Gasteiger partial charge in [-0.05, 0) is 37.2 Å². The lowest BCUT2D eigenvalue weighted by Crippen LogP contribution is -2.42. The van der Waals surface area contributed by atoms with Crippen molar-refractivity contribution < 1.29 is 14.2 Å². The number of unbranched alkanes of at least 4 members (excludes halogenated alkanes) is 1. The molecule has 2 rings (SSSR count). The minimum absolute atomic E-state index is 0.717. The summed E-state index contributed by atoms with van der Waals surface area (Å²) in [6.45, 7) is 9.50. The Hall–Kier alpha value is -1.57. The van der Waals surface area contributed by atoms with Crippen LogP contribution in [0.3, 0.4) is 0 Å². The predicted octanol–water partition coefficient (Wildman–Crippen LogP) is 2.90. The third-order valence-corrected chi connectivity index (χ3v) is 5.36. The highest BCUT2D eigenvalue weighted by Gasteiger charge is 2.15. The molecule has 0 aromatic heterocycles. The second-order valence-electron chi connectivity index (χ2n) is 6.99. The molecule has 1 aliphatic rings. The van der Waals surface area contributed by atoms with Crippen molar-refractivity contribution in [2.75, 3.05) is 60.2 Å². The van der Waals surface area contributed by atoms with Crippen molar-refractivity contribution in [1.82, 2.24) is 15.1 Å². The lowest BCUT2D eigenvalue weighted by atomic mass is 10.1. The molecule has 0 spiro atoms. The summed E-state index contributed by atoms with van der Waals surface area (Å²) in [5, 5.41) is 4.22. The molecule has 1 aliphatic heterocycles. The van der Waals surface area contributed by atoms with Crippen LogP contribution in [-0.2, 0) is 11.3 Å². The fourth-order valence-corrected chi connectivity index (χ4v) is 3.49. The fraction of sp³-hybridized carbons (Fsp3) is 0.667. The average Bonchev–Trinajstić information content (AvgIpc) is 2.74.